The molecule has 1 aromatic heterocycles. The van der Waals surface area contributed by atoms with Crippen molar-refractivity contribution in [3.05, 3.63) is 65.9 Å². The number of nitrogens with zero attached hydrogens (tertiary/aromatic N) is 2. The summed E-state index contributed by atoms with van der Waals surface area (Å²) in [7, 11) is -0.629. The highest BCUT2D eigenvalue weighted by Gasteiger charge is 2.26. The average Bonchev–Trinajstić information content (AvgIpc) is 2.87. The van der Waals surface area contributed by atoms with Crippen molar-refractivity contribution in [1.29, 1.82) is 0 Å². The topological polar surface area (TPSA) is 155 Å². The number of rotatable bonds is 14. The highest BCUT2D eigenvalue weighted by atomic mass is 32.2. The SMILES string of the molecule is CN(C)CCNC(=O)c1ccc(S(=O)(=O)NC(C=O)CC(=O)O)c(OCCc2cccc3ncccc23)c1. The van der Waals surface area contributed by atoms with Gasteiger partial charge in [-0.3, -0.25) is 14.6 Å². The van der Waals surface area contributed by atoms with Crippen molar-refractivity contribution >= 4 is 39.1 Å². The number of benzene rings is 2. The molecule has 3 rings (SSSR count). The van der Waals surface area contributed by atoms with E-state index in [1.165, 1.54) is 18.2 Å². The summed E-state index contributed by atoms with van der Waals surface area (Å²) in [6.07, 6.45) is 1.61. The van der Waals surface area contributed by atoms with Gasteiger partial charge >= 0.3 is 5.97 Å². The van der Waals surface area contributed by atoms with Gasteiger partial charge in [0, 0.05) is 36.7 Å². The summed E-state index contributed by atoms with van der Waals surface area (Å²) in [5, 5.41) is 12.7. The fourth-order valence-electron chi connectivity index (χ4n) is 3.70. The smallest absolute Gasteiger partial charge is 0.305 e. The molecule has 12 heteroatoms. The van der Waals surface area contributed by atoms with Crippen molar-refractivity contribution in [2.24, 2.45) is 0 Å². The van der Waals surface area contributed by atoms with Crippen LogP contribution in [0.15, 0.2) is 59.6 Å². The van der Waals surface area contributed by atoms with Crippen LogP contribution in [0.4, 0.5) is 0 Å². The number of aromatic nitrogens is 1. The standard InChI is InChI=1S/C26H30N4O7S/c1-30(2)13-12-28-26(34)19-8-9-24(38(35,36)29-20(17-31)16-25(32)33)23(15-19)37-14-10-18-5-3-7-22-21(18)6-4-11-27-22/h3-9,11,15,17,20,29H,10,12-14,16H2,1-2H3,(H,28,34)(H,32,33). The largest absolute Gasteiger partial charge is 0.492 e. The van der Waals surface area contributed by atoms with Gasteiger partial charge in [-0.1, -0.05) is 18.2 Å². The first-order valence-corrected chi connectivity index (χ1v) is 13.3. The van der Waals surface area contributed by atoms with E-state index in [1.54, 1.807) is 6.20 Å². The Bertz CT molecular complexity index is 1400. The van der Waals surface area contributed by atoms with Crippen LogP contribution in [0.25, 0.3) is 10.9 Å². The normalized spacial score (nSPS) is 12.3. The minimum Gasteiger partial charge on any atom is -0.492 e. The number of carbonyl (C=O) groups excluding carboxylic acids is 2. The molecule has 2 aromatic carbocycles. The number of carbonyl (C=O) groups is 3. The third kappa shape index (κ3) is 7.81. The van der Waals surface area contributed by atoms with Gasteiger partial charge in [-0.25, -0.2) is 13.1 Å². The zero-order chi connectivity index (χ0) is 27.7. The molecular formula is C26H30N4O7S. The molecule has 0 bridgehead atoms. The zero-order valence-electron chi connectivity index (χ0n) is 21.1. The van der Waals surface area contributed by atoms with Crippen LogP contribution in [0.1, 0.15) is 22.3 Å². The minimum absolute atomic E-state index is 0.0778. The van der Waals surface area contributed by atoms with Crippen molar-refractivity contribution in [2.45, 2.75) is 23.8 Å². The number of carboxylic acids is 1. The molecule has 0 radical (unpaired) electrons. The number of pyridine rings is 1. The molecule has 3 N–H and O–H groups in total. The van der Waals surface area contributed by atoms with E-state index in [4.69, 9.17) is 9.84 Å². The predicted octanol–water partition coefficient (Wildman–Crippen LogP) is 1.47. The second-order valence-electron chi connectivity index (χ2n) is 8.77. The lowest BCUT2D eigenvalue weighted by Gasteiger charge is -2.17. The van der Waals surface area contributed by atoms with Crippen LogP contribution in [-0.2, 0) is 26.0 Å². The lowest BCUT2D eigenvalue weighted by Crippen LogP contribution is -2.37. The van der Waals surface area contributed by atoms with Crippen LogP contribution in [-0.4, -0.2) is 81.4 Å². The number of hydrogen-bond donors (Lipinski definition) is 3. The molecular weight excluding hydrogens is 512 g/mol. The Labute approximate surface area is 220 Å². The highest BCUT2D eigenvalue weighted by molar-refractivity contribution is 7.89. The second kappa shape index (κ2) is 13.1. The van der Waals surface area contributed by atoms with Gasteiger partial charge in [-0.15, -0.1) is 0 Å². The quantitative estimate of drug-likeness (QED) is 0.257. The van der Waals surface area contributed by atoms with E-state index >= 15 is 0 Å². The van der Waals surface area contributed by atoms with Crippen molar-refractivity contribution in [2.75, 3.05) is 33.8 Å². The van der Waals surface area contributed by atoms with Crippen LogP contribution >= 0.6 is 0 Å². The summed E-state index contributed by atoms with van der Waals surface area (Å²) >= 11 is 0. The maximum absolute atomic E-state index is 13.1. The van der Waals surface area contributed by atoms with Gasteiger partial charge < -0.3 is 24.9 Å². The predicted molar refractivity (Wildman–Crippen MR) is 141 cm³/mol. The van der Waals surface area contributed by atoms with Gasteiger partial charge in [0.05, 0.1) is 24.6 Å². The first-order chi connectivity index (χ1) is 18.1. The van der Waals surface area contributed by atoms with Gasteiger partial charge in [0.1, 0.15) is 16.9 Å². The number of amides is 1. The third-order valence-electron chi connectivity index (χ3n) is 5.57. The molecule has 0 saturated carbocycles. The molecule has 38 heavy (non-hydrogen) atoms. The molecule has 0 spiro atoms. The number of ether oxygens (including phenoxy) is 1. The Morgan fingerprint density at radius 1 is 1.16 bits per heavy atom. The number of nitrogens with one attached hydrogen (secondary N) is 2. The zero-order valence-corrected chi connectivity index (χ0v) is 21.9. The molecule has 1 atom stereocenters. The van der Waals surface area contributed by atoms with Gasteiger partial charge in [-0.05, 0) is 50.0 Å². The average molecular weight is 543 g/mol. The molecule has 1 unspecified atom stereocenters. The highest BCUT2D eigenvalue weighted by Crippen LogP contribution is 2.27. The van der Waals surface area contributed by atoms with E-state index in [0.29, 0.717) is 19.5 Å². The van der Waals surface area contributed by atoms with Crippen molar-refractivity contribution in [1.82, 2.24) is 19.9 Å². The van der Waals surface area contributed by atoms with E-state index < -0.39 is 34.4 Å². The van der Waals surface area contributed by atoms with Crippen LogP contribution in [0.2, 0.25) is 0 Å². The summed E-state index contributed by atoms with van der Waals surface area (Å²) in [4.78, 5) is 40.9. The fourth-order valence-corrected chi connectivity index (χ4v) is 5.00. The van der Waals surface area contributed by atoms with Crippen molar-refractivity contribution in [3.8, 4) is 5.75 Å². The van der Waals surface area contributed by atoms with Crippen LogP contribution in [0, 0.1) is 0 Å². The Morgan fingerprint density at radius 2 is 1.95 bits per heavy atom. The van der Waals surface area contributed by atoms with Gasteiger partial charge in [0.2, 0.25) is 10.0 Å². The molecule has 0 fully saturated rings. The first-order valence-electron chi connectivity index (χ1n) is 11.8. The maximum atomic E-state index is 13.1. The van der Waals surface area contributed by atoms with Gasteiger partial charge in [0.25, 0.3) is 5.91 Å². The lowest BCUT2D eigenvalue weighted by molar-refractivity contribution is -0.138. The number of aldehydes is 1. The van der Waals surface area contributed by atoms with E-state index in [2.05, 4.69) is 15.0 Å². The molecule has 0 saturated heterocycles. The minimum atomic E-state index is -4.37. The summed E-state index contributed by atoms with van der Waals surface area (Å²) in [6.45, 7) is 1.07. The van der Waals surface area contributed by atoms with E-state index in [0.717, 1.165) is 16.5 Å². The molecule has 1 heterocycles. The number of carboxylic acid groups (broad SMARTS) is 1. The molecule has 1 amide bonds. The molecule has 3 aromatic rings. The van der Waals surface area contributed by atoms with E-state index in [-0.39, 0.29) is 29.1 Å². The third-order valence-corrected chi connectivity index (χ3v) is 7.10. The molecule has 11 nitrogen and oxygen atoms in total. The van der Waals surface area contributed by atoms with Crippen molar-refractivity contribution in [3.63, 3.8) is 0 Å². The first kappa shape index (κ1) is 28.7. The number of fused-ring (bicyclic) bond motifs is 1. The Kier molecular flexibility index (Phi) is 9.88. The molecule has 0 aliphatic rings. The monoisotopic (exact) mass is 542 g/mol. The number of aliphatic carboxylic acids is 1. The van der Waals surface area contributed by atoms with Crippen LogP contribution in [0.5, 0.6) is 5.75 Å². The number of sulfonamides is 1. The Hall–Kier alpha value is -3.87. The van der Waals surface area contributed by atoms with Gasteiger partial charge in [0.15, 0.2) is 0 Å². The summed E-state index contributed by atoms with van der Waals surface area (Å²) < 4.78 is 34.1. The maximum Gasteiger partial charge on any atom is 0.305 e. The van der Waals surface area contributed by atoms with Crippen molar-refractivity contribution < 1.29 is 32.6 Å². The number of likely N-dealkylation sites (N-methyl/N-ethyl adjacent to an activating group) is 1. The molecule has 0 aliphatic heterocycles. The van der Waals surface area contributed by atoms with Crippen LogP contribution in [0.3, 0.4) is 0 Å². The Balaban J connectivity index is 1.87. The molecule has 0 aliphatic carbocycles. The van der Waals surface area contributed by atoms with Crippen LogP contribution < -0.4 is 14.8 Å². The number of hydrogen-bond acceptors (Lipinski definition) is 8. The summed E-state index contributed by atoms with van der Waals surface area (Å²) in [5.74, 6) is -1.85. The summed E-state index contributed by atoms with van der Waals surface area (Å²) in [6, 6.07) is 11.8. The summed E-state index contributed by atoms with van der Waals surface area (Å²) in [5.41, 5.74) is 1.94. The Morgan fingerprint density at radius 3 is 2.66 bits per heavy atom. The van der Waals surface area contributed by atoms with E-state index in [9.17, 15) is 22.8 Å². The second-order valence-corrected chi connectivity index (χ2v) is 10.5. The van der Waals surface area contributed by atoms with Gasteiger partial charge in [-0.2, -0.15) is 0 Å². The fraction of sp³-hybridized carbons (Fsp3) is 0.308. The van der Waals surface area contributed by atoms with E-state index in [1.807, 2.05) is 49.3 Å². The lowest BCUT2D eigenvalue weighted by atomic mass is 10.1. The molecule has 202 valence electrons.